The molecule has 2 rings (SSSR count). The summed E-state index contributed by atoms with van der Waals surface area (Å²) in [6, 6.07) is 2.92. The topological polar surface area (TPSA) is 31.6 Å². The van der Waals surface area contributed by atoms with Gasteiger partial charge in [-0.2, -0.15) is 0 Å². The van der Waals surface area contributed by atoms with E-state index in [1.54, 1.807) is 0 Å². The second-order valence-corrected chi connectivity index (χ2v) is 6.47. The summed E-state index contributed by atoms with van der Waals surface area (Å²) >= 11 is 0. The molecule has 0 aliphatic carbocycles. The van der Waals surface area contributed by atoms with Gasteiger partial charge in [0.25, 0.3) is 0 Å². The summed E-state index contributed by atoms with van der Waals surface area (Å²) in [5.74, 6) is 2.15. The lowest BCUT2D eigenvalue weighted by molar-refractivity contribution is 0.127. The fraction of sp³-hybridized carbons (Fsp3) is 0.765. The van der Waals surface area contributed by atoms with Crippen LogP contribution in [-0.2, 0) is 13.1 Å². The van der Waals surface area contributed by atoms with Crippen molar-refractivity contribution in [3.05, 3.63) is 23.2 Å². The van der Waals surface area contributed by atoms with Gasteiger partial charge in [0.05, 0.1) is 6.54 Å². The summed E-state index contributed by atoms with van der Waals surface area (Å²) in [6.07, 6.45) is 3.77. The first kappa shape index (κ1) is 16.5. The van der Waals surface area contributed by atoms with Gasteiger partial charge in [0.2, 0.25) is 0 Å². The average Bonchev–Trinajstić information content (AvgIpc) is 2.80. The van der Waals surface area contributed by atoms with E-state index in [2.05, 4.69) is 49.1 Å². The number of likely N-dealkylation sites (N-methyl/N-ethyl adjacent to an activating group) is 1. The van der Waals surface area contributed by atoms with Gasteiger partial charge in [-0.3, -0.25) is 4.90 Å². The minimum absolute atomic E-state index is 0.691. The van der Waals surface area contributed by atoms with E-state index in [1.807, 2.05) is 0 Å². The van der Waals surface area contributed by atoms with E-state index in [-0.39, 0.29) is 0 Å². The molecule has 4 nitrogen and oxygen atoms in total. The van der Waals surface area contributed by atoms with Gasteiger partial charge in [-0.05, 0) is 59.4 Å². The monoisotopic (exact) mass is 293 g/mol. The second kappa shape index (κ2) is 7.97. The number of hydrogen-bond acceptors (Lipinski definition) is 4. The molecule has 0 saturated carbocycles. The van der Waals surface area contributed by atoms with Gasteiger partial charge < -0.3 is 14.6 Å². The van der Waals surface area contributed by atoms with E-state index in [9.17, 15) is 0 Å². The van der Waals surface area contributed by atoms with Crippen molar-refractivity contribution >= 4 is 0 Å². The smallest absolute Gasteiger partial charge is 0.118 e. The number of likely N-dealkylation sites (tertiary alicyclic amines) is 1. The molecular weight excluding hydrogens is 262 g/mol. The van der Waals surface area contributed by atoms with Crippen LogP contribution in [-0.4, -0.2) is 49.6 Å². The molecule has 1 N–H and O–H groups in total. The highest BCUT2D eigenvalue weighted by Gasteiger charge is 2.22. The van der Waals surface area contributed by atoms with Crippen molar-refractivity contribution in [2.45, 2.75) is 52.2 Å². The molecule has 2 heterocycles. The molecule has 0 radical (unpaired) electrons. The number of piperidine rings is 1. The molecule has 0 bridgehead atoms. The SMILES string of the molecule is CCCNCc1cc(CN2CCCC(N(C)C)C2)c(C)o1. The Balaban J connectivity index is 1.90. The summed E-state index contributed by atoms with van der Waals surface area (Å²) in [5, 5.41) is 3.40. The summed E-state index contributed by atoms with van der Waals surface area (Å²) < 4.78 is 5.88. The summed E-state index contributed by atoms with van der Waals surface area (Å²) in [4.78, 5) is 4.92. The van der Waals surface area contributed by atoms with E-state index in [4.69, 9.17) is 4.42 Å². The molecule has 1 aromatic rings. The Labute approximate surface area is 129 Å². The van der Waals surface area contributed by atoms with Crippen LogP contribution in [0.25, 0.3) is 0 Å². The molecule has 0 spiro atoms. The van der Waals surface area contributed by atoms with Crippen molar-refractivity contribution in [3.8, 4) is 0 Å². The minimum atomic E-state index is 0.691. The van der Waals surface area contributed by atoms with E-state index in [1.165, 1.54) is 31.5 Å². The maximum atomic E-state index is 5.88. The number of aryl methyl sites for hydroxylation is 1. The third kappa shape index (κ3) is 4.83. The average molecular weight is 293 g/mol. The number of rotatable bonds is 7. The molecule has 1 aliphatic heterocycles. The Kier molecular flexibility index (Phi) is 6.27. The van der Waals surface area contributed by atoms with Crippen LogP contribution in [0.1, 0.15) is 43.3 Å². The molecule has 120 valence electrons. The molecule has 1 aliphatic rings. The standard InChI is InChI=1S/C17H31N3O/c1-5-8-18-11-17-10-15(14(2)21-17)12-20-9-6-7-16(13-20)19(3)4/h10,16,18H,5-9,11-13H2,1-4H3. The fourth-order valence-corrected chi connectivity index (χ4v) is 3.06. The van der Waals surface area contributed by atoms with Gasteiger partial charge in [-0.25, -0.2) is 0 Å². The lowest BCUT2D eigenvalue weighted by Crippen LogP contribution is -2.44. The Morgan fingerprint density at radius 1 is 1.43 bits per heavy atom. The molecule has 4 heteroatoms. The zero-order valence-corrected chi connectivity index (χ0v) is 14.1. The van der Waals surface area contributed by atoms with Crippen LogP contribution in [0.5, 0.6) is 0 Å². The molecular formula is C17H31N3O. The van der Waals surface area contributed by atoms with Crippen molar-refractivity contribution in [1.82, 2.24) is 15.1 Å². The van der Waals surface area contributed by atoms with Crippen molar-refractivity contribution in [3.63, 3.8) is 0 Å². The van der Waals surface area contributed by atoms with Crippen molar-refractivity contribution < 1.29 is 4.42 Å². The molecule has 1 aromatic heterocycles. The van der Waals surface area contributed by atoms with Crippen LogP contribution < -0.4 is 5.32 Å². The number of furan rings is 1. The van der Waals surface area contributed by atoms with Crippen LogP contribution in [0, 0.1) is 6.92 Å². The fourth-order valence-electron chi connectivity index (χ4n) is 3.06. The summed E-state index contributed by atoms with van der Waals surface area (Å²) in [7, 11) is 4.38. The second-order valence-electron chi connectivity index (χ2n) is 6.47. The molecule has 21 heavy (non-hydrogen) atoms. The number of nitrogens with zero attached hydrogens (tertiary/aromatic N) is 2. The van der Waals surface area contributed by atoms with E-state index < -0.39 is 0 Å². The van der Waals surface area contributed by atoms with Gasteiger partial charge >= 0.3 is 0 Å². The summed E-state index contributed by atoms with van der Waals surface area (Å²) in [6.45, 7) is 9.56. The van der Waals surface area contributed by atoms with E-state index in [0.29, 0.717) is 6.04 Å². The van der Waals surface area contributed by atoms with Crippen LogP contribution in [0.2, 0.25) is 0 Å². The van der Waals surface area contributed by atoms with E-state index in [0.717, 1.165) is 37.6 Å². The third-order valence-electron chi connectivity index (χ3n) is 4.40. The first-order valence-corrected chi connectivity index (χ1v) is 8.27. The predicted octanol–water partition coefficient (Wildman–Crippen LogP) is 2.61. The van der Waals surface area contributed by atoms with Crippen LogP contribution in [0.15, 0.2) is 10.5 Å². The highest BCUT2D eigenvalue weighted by atomic mass is 16.3. The Morgan fingerprint density at radius 3 is 2.95 bits per heavy atom. The molecule has 1 fully saturated rings. The maximum absolute atomic E-state index is 5.88. The first-order valence-electron chi connectivity index (χ1n) is 8.27. The lowest BCUT2D eigenvalue weighted by Gasteiger charge is -2.36. The zero-order chi connectivity index (χ0) is 15.2. The minimum Gasteiger partial charge on any atom is -0.465 e. The predicted molar refractivity (Wildman–Crippen MR) is 87.4 cm³/mol. The lowest BCUT2D eigenvalue weighted by atomic mass is 10.0. The van der Waals surface area contributed by atoms with Crippen molar-refractivity contribution in [1.29, 1.82) is 0 Å². The number of hydrogen-bond donors (Lipinski definition) is 1. The highest BCUT2D eigenvalue weighted by Crippen LogP contribution is 2.20. The van der Waals surface area contributed by atoms with Gasteiger partial charge in [0.15, 0.2) is 0 Å². The Morgan fingerprint density at radius 2 is 2.24 bits per heavy atom. The van der Waals surface area contributed by atoms with Crippen LogP contribution in [0.3, 0.4) is 0 Å². The Hall–Kier alpha value is -0.840. The molecule has 1 unspecified atom stereocenters. The summed E-state index contributed by atoms with van der Waals surface area (Å²) in [5.41, 5.74) is 1.35. The maximum Gasteiger partial charge on any atom is 0.118 e. The van der Waals surface area contributed by atoms with Crippen molar-refractivity contribution in [2.75, 3.05) is 33.7 Å². The highest BCUT2D eigenvalue weighted by molar-refractivity contribution is 5.21. The van der Waals surface area contributed by atoms with Gasteiger partial charge in [0.1, 0.15) is 11.5 Å². The van der Waals surface area contributed by atoms with Gasteiger partial charge in [0, 0.05) is 24.7 Å². The van der Waals surface area contributed by atoms with Crippen LogP contribution in [0.4, 0.5) is 0 Å². The molecule has 1 saturated heterocycles. The molecule has 0 amide bonds. The van der Waals surface area contributed by atoms with E-state index >= 15 is 0 Å². The third-order valence-corrected chi connectivity index (χ3v) is 4.40. The van der Waals surface area contributed by atoms with Crippen LogP contribution >= 0.6 is 0 Å². The quantitative estimate of drug-likeness (QED) is 0.783. The number of nitrogens with one attached hydrogen (secondary N) is 1. The molecule has 0 aromatic carbocycles. The van der Waals surface area contributed by atoms with Gasteiger partial charge in [-0.15, -0.1) is 0 Å². The normalized spacial score (nSPS) is 20.3. The molecule has 1 atom stereocenters. The Bertz CT molecular complexity index is 428. The zero-order valence-electron chi connectivity index (χ0n) is 14.1. The van der Waals surface area contributed by atoms with Crippen molar-refractivity contribution in [2.24, 2.45) is 0 Å². The first-order chi connectivity index (χ1) is 10.1. The van der Waals surface area contributed by atoms with Gasteiger partial charge in [-0.1, -0.05) is 6.92 Å². The largest absolute Gasteiger partial charge is 0.465 e.